The molecule has 1 amide bonds. The minimum absolute atomic E-state index is 0.0329. The number of hydrogen-bond donors (Lipinski definition) is 4. The minimum Gasteiger partial charge on any atom is -0.489 e. The molecule has 3 aromatic rings. The highest BCUT2D eigenvalue weighted by atomic mass is 16.5. The van der Waals surface area contributed by atoms with Crippen molar-refractivity contribution in [1.82, 2.24) is 15.3 Å². The molecule has 2 aromatic carbocycles. The van der Waals surface area contributed by atoms with Crippen molar-refractivity contribution in [3.63, 3.8) is 0 Å². The van der Waals surface area contributed by atoms with Crippen LogP contribution in [0.5, 0.6) is 5.75 Å². The van der Waals surface area contributed by atoms with Gasteiger partial charge in [0.1, 0.15) is 23.7 Å². The lowest BCUT2D eigenvalue weighted by molar-refractivity contribution is 0.0921. The largest absolute Gasteiger partial charge is 0.489 e. The molecule has 32 heavy (non-hydrogen) atoms. The molecule has 0 radical (unpaired) electrons. The summed E-state index contributed by atoms with van der Waals surface area (Å²) in [5, 5.41) is 2.88. The van der Waals surface area contributed by atoms with Crippen LogP contribution in [0.3, 0.4) is 0 Å². The fourth-order valence-corrected chi connectivity index (χ4v) is 4.08. The molecule has 1 saturated carbocycles. The number of anilines is 1. The molecule has 0 spiro atoms. The fraction of sp³-hybridized carbons (Fsp3) is 0.292. The summed E-state index contributed by atoms with van der Waals surface area (Å²) in [5.74, 6) is 0.716. The zero-order valence-electron chi connectivity index (χ0n) is 17.6. The maximum Gasteiger partial charge on any atom is 0.326 e. The van der Waals surface area contributed by atoms with Gasteiger partial charge in [-0.15, -0.1) is 0 Å². The van der Waals surface area contributed by atoms with Crippen molar-refractivity contribution < 1.29 is 9.53 Å². The van der Waals surface area contributed by atoms with Gasteiger partial charge in [-0.05, 0) is 54.9 Å². The molecule has 0 bridgehead atoms. The van der Waals surface area contributed by atoms with Crippen LogP contribution in [0, 0.1) is 0 Å². The summed E-state index contributed by atoms with van der Waals surface area (Å²) >= 11 is 0. The minimum atomic E-state index is -0.765. The van der Waals surface area contributed by atoms with E-state index in [0.29, 0.717) is 12.5 Å². The Hall–Kier alpha value is -3.81. The van der Waals surface area contributed by atoms with Crippen molar-refractivity contribution in [3.05, 3.63) is 92.3 Å². The number of benzene rings is 2. The smallest absolute Gasteiger partial charge is 0.326 e. The zero-order valence-corrected chi connectivity index (χ0v) is 17.6. The molecule has 1 aromatic heterocycles. The average molecular weight is 434 g/mol. The van der Waals surface area contributed by atoms with E-state index in [1.54, 1.807) is 0 Å². The Balaban J connectivity index is 1.29. The number of carbonyl (C=O) groups excluding carboxylic acids is 1. The lowest BCUT2D eigenvalue weighted by Gasteiger charge is -2.29. The Morgan fingerprint density at radius 1 is 0.969 bits per heavy atom. The van der Waals surface area contributed by atoms with Crippen LogP contribution >= 0.6 is 0 Å². The first kappa shape index (κ1) is 21.4. The summed E-state index contributed by atoms with van der Waals surface area (Å²) in [5.41, 5.74) is 6.02. The molecule has 0 unspecified atom stereocenters. The van der Waals surface area contributed by atoms with Gasteiger partial charge in [-0.1, -0.05) is 42.5 Å². The number of aromatic nitrogens is 2. The van der Waals surface area contributed by atoms with Crippen molar-refractivity contribution in [1.29, 1.82) is 0 Å². The van der Waals surface area contributed by atoms with Gasteiger partial charge in [0.15, 0.2) is 0 Å². The Morgan fingerprint density at radius 2 is 1.66 bits per heavy atom. The van der Waals surface area contributed by atoms with Gasteiger partial charge in [-0.3, -0.25) is 14.6 Å². The van der Waals surface area contributed by atoms with Crippen LogP contribution < -0.4 is 27.0 Å². The van der Waals surface area contributed by atoms with Gasteiger partial charge in [0.25, 0.3) is 11.5 Å². The highest BCUT2D eigenvalue weighted by Crippen LogP contribution is 2.33. The van der Waals surface area contributed by atoms with E-state index in [-0.39, 0.29) is 17.4 Å². The highest BCUT2D eigenvalue weighted by Gasteiger charge is 2.25. The van der Waals surface area contributed by atoms with Crippen LogP contribution in [-0.2, 0) is 6.61 Å². The molecule has 1 heterocycles. The van der Waals surface area contributed by atoms with E-state index < -0.39 is 17.2 Å². The van der Waals surface area contributed by atoms with E-state index in [9.17, 15) is 14.4 Å². The van der Waals surface area contributed by atoms with Crippen molar-refractivity contribution in [2.45, 2.75) is 44.2 Å². The number of H-pyrrole nitrogens is 2. The first-order valence-electron chi connectivity index (χ1n) is 10.7. The molecule has 1 aliphatic carbocycles. The predicted molar refractivity (Wildman–Crippen MR) is 122 cm³/mol. The van der Waals surface area contributed by atoms with Crippen LogP contribution in [0.25, 0.3) is 0 Å². The number of nitrogens with two attached hydrogens (primary N) is 1. The number of hydrogen-bond acceptors (Lipinski definition) is 5. The van der Waals surface area contributed by atoms with Gasteiger partial charge < -0.3 is 20.8 Å². The predicted octanol–water partition coefficient (Wildman–Crippen LogP) is 2.68. The first-order chi connectivity index (χ1) is 15.5. The molecule has 1 fully saturated rings. The number of ether oxygens (including phenoxy) is 1. The van der Waals surface area contributed by atoms with Gasteiger partial charge in [-0.2, -0.15) is 0 Å². The van der Waals surface area contributed by atoms with Gasteiger partial charge in [0.05, 0.1) is 0 Å². The third-order valence-electron chi connectivity index (χ3n) is 5.87. The van der Waals surface area contributed by atoms with Crippen LogP contribution in [0.4, 0.5) is 5.69 Å². The number of aromatic amines is 2. The standard InChI is InChI=1S/C24H26N4O4/c25-20-21(27-24(31)28-22(20)29)23(30)26-18-10-6-16(7-11-18)17-8-12-19(13-9-17)32-14-15-4-2-1-3-5-15/h1-5,8-9,12-13,16,18H,6-7,10-11,14,25H2,(H,26,30)(H2,27,28,29,31)/t16-,18+. The molecule has 166 valence electrons. The SMILES string of the molecule is Nc1c(C(=O)N[C@H]2CC[C@@H](c3ccc(OCc4ccccc4)cc3)CC2)[nH]c(=O)[nH]c1=O. The van der Waals surface area contributed by atoms with Crippen molar-refractivity contribution in [2.75, 3.05) is 5.73 Å². The Labute approximate surface area is 184 Å². The maximum atomic E-state index is 12.5. The molecule has 1 aliphatic rings. The lowest BCUT2D eigenvalue weighted by atomic mass is 9.81. The number of nitrogens with one attached hydrogen (secondary N) is 3. The van der Waals surface area contributed by atoms with Crippen molar-refractivity contribution >= 4 is 11.6 Å². The van der Waals surface area contributed by atoms with Gasteiger partial charge in [-0.25, -0.2) is 4.79 Å². The van der Waals surface area contributed by atoms with Crippen LogP contribution in [0.1, 0.15) is 53.2 Å². The Bertz CT molecular complexity index is 1180. The molecule has 4 rings (SSSR count). The molecule has 0 atom stereocenters. The first-order valence-corrected chi connectivity index (χ1v) is 10.7. The summed E-state index contributed by atoms with van der Waals surface area (Å²) in [6.45, 7) is 0.536. The summed E-state index contributed by atoms with van der Waals surface area (Å²) in [6.07, 6.45) is 3.46. The second-order valence-corrected chi connectivity index (χ2v) is 8.06. The Morgan fingerprint density at radius 3 is 2.34 bits per heavy atom. The fourth-order valence-electron chi connectivity index (χ4n) is 4.08. The third kappa shape index (κ3) is 5.08. The molecule has 8 heteroatoms. The summed E-state index contributed by atoms with van der Waals surface area (Å²) in [4.78, 5) is 39.8. The average Bonchev–Trinajstić information content (AvgIpc) is 2.81. The normalized spacial score (nSPS) is 18.1. The number of amides is 1. The highest BCUT2D eigenvalue weighted by molar-refractivity contribution is 5.96. The van der Waals surface area contributed by atoms with E-state index in [2.05, 4.69) is 22.4 Å². The molecule has 0 saturated heterocycles. The van der Waals surface area contributed by atoms with Crippen LogP contribution in [-0.4, -0.2) is 21.9 Å². The molecule has 8 nitrogen and oxygen atoms in total. The molecule has 0 aliphatic heterocycles. The summed E-state index contributed by atoms with van der Waals surface area (Å²) < 4.78 is 5.86. The topological polar surface area (TPSA) is 130 Å². The Kier molecular flexibility index (Phi) is 6.39. The zero-order chi connectivity index (χ0) is 22.5. The van der Waals surface area contributed by atoms with E-state index >= 15 is 0 Å². The van der Waals surface area contributed by atoms with Crippen molar-refractivity contribution in [2.24, 2.45) is 0 Å². The number of nitrogen functional groups attached to an aromatic ring is 1. The monoisotopic (exact) mass is 434 g/mol. The van der Waals surface area contributed by atoms with Crippen LogP contribution in [0.2, 0.25) is 0 Å². The van der Waals surface area contributed by atoms with Gasteiger partial charge in [0, 0.05) is 6.04 Å². The van der Waals surface area contributed by atoms with E-state index in [0.717, 1.165) is 37.0 Å². The summed E-state index contributed by atoms with van der Waals surface area (Å²) in [7, 11) is 0. The van der Waals surface area contributed by atoms with E-state index in [1.807, 2.05) is 47.4 Å². The van der Waals surface area contributed by atoms with Gasteiger partial charge in [0.2, 0.25) is 0 Å². The number of carbonyl (C=O) groups is 1. The molecule has 5 N–H and O–H groups in total. The van der Waals surface area contributed by atoms with Crippen molar-refractivity contribution in [3.8, 4) is 5.75 Å². The van der Waals surface area contributed by atoms with E-state index in [1.165, 1.54) is 5.56 Å². The third-order valence-corrected chi connectivity index (χ3v) is 5.87. The summed E-state index contributed by atoms with van der Waals surface area (Å²) in [6, 6.07) is 18.2. The second kappa shape index (κ2) is 9.55. The second-order valence-electron chi connectivity index (χ2n) is 8.06. The van der Waals surface area contributed by atoms with E-state index in [4.69, 9.17) is 10.5 Å². The molecular formula is C24H26N4O4. The molecular weight excluding hydrogens is 408 g/mol. The number of rotatable bonds is 6. The maximum absolute atomic E-state index is 12.5. The lowest BCUT2D eigenvalue weighted by Crippen LogP contribution is -2.40. The van der Waals surface area contributed by atoms with Crippen LogP contribution in [0.15, 0.2) is 64.2 Å². The van der Waals surface area contributed by atoms with Gasteiger partial charge >= 0.3 is 5.69 Å². The quantitative estimate of drug-likeness (QED) is 0.474.